The monoisotopic (exact) mass is 222 g/mol. The quantitative estimate of drug-likeness (QED) is 0.621. The van der Waals surface area contributed by atoms with Crippen LogP contribution in [0.3, 0.4) is 0 Å². The predicted octanol–water partition coefficient (Wildman–Crippen LogP) is 1.56. The summed E-state index contributed by atoms with van der Waals surface area (Å²) in [5, 5.41) is 19.0. The van der Waals surface area contributed by atoms with Gasteiger partial charge in [-0.1, -0.05) is 0 Å². The van der Waals surface area contributed by atoms with Crippen molar-refractivity contribution in [2.75, 3.05) is 0 Å². The van der Waals surface area contributed by atoms with E-state index in [4.69, 9.17) is 5.11 Å². The Morgan fingerprint density at radius 1 is 1.60 bits per heavy atom. The summed E-state index contributed by atoms with van der Waals surface area (Å²) in [7, 11) is 0. The molecule has 0 aromatic carbocycles. The highest BCUT2D eigenvalue weighted by Gasteiger charge is 2.27. The molecule has 0 radical (unpaired) electrons. The van der Waals surface area contributed by atoms with Crippen molar-refractivity contribution in [1.82, 2.24) is 4.98 Å². The maximum atomic E-state index is 12.9. The van der Waals surface area contributed by atoms with Gasteiger partial charge in [0.2, 0.25) is 5.82 Å². The first-order valence-electron chi connectivity index (χ1n) is 3.69. The number of hydrogen-bond donors (Lipinski definition) is 1. The topological polar surface area (TPSA) is 76.3 Å². The van der Waals surface area contributed by atoms with Gasteiger partial charge in [0.05, 0.1) is 23.3 Å². The number of pyridine rings is 1. The first-order valence-corrected chi connectivity index (χ1v) is 3.69. The van der Waals surface area contributed by atoms with Crippen LogP contribution in [0.2, 0.25) is 0 Å². The summed E-state index contributed by atoms with van der Waals surface area (Å²) in [6.45, 7) is -1.07. The number of alkyl halides is 2. The van der Waals surface area contributed by atoms with E-state index >= 15 is 0 Å². The van der Waals surface area contributed by atoms with Crippen LogP contribution in [0.5, 0.6) is 0 Å². The number of nitrogens with zero attached hydrogens (tertiary/aromatic N) is 2. The lowest BCUT2D eigenvalue weighted by atomic mass is 10.1. The lowest BCUT2D eigenvalue weighted by Gasteiger charge is -2.05. The number of halogens is 3. The van der Waals surface area contributed by atoms with Crippen LogP contribution in [0.25, 0.3) is 0 Å². The average molecular weight is 222 g/mol. The molecule has 1 heterocycles. The molecule has 0 fully saturated rings. The van der Waals surface area contributed by atoms with E-state index in [0.29, 0.717) is 6.20 Å². The highest BCUT2D eigenvalue weighted by atomic mass is 19.3. The molecule has 0 bridgehead atoms. The van der Waals surface area contributed by atoms with Crippen LogP contribution >= 0.6 is 0 Å². The normalized spacial score (nSPS) is 10.7. The average Bonchev–Trinajstić information content (AvgIpc) is 2.15. The predicted molar refractivity (Wildman–Crippen MR) is 41.7 cm³/mol. The van der Waals surface area contributed by atoms with Crippen molar-refractivity contribution in [2.24, 2.45) is 0 Å². The molecular weight excluding hydrogens is 217 g/mol. The van der Waals surface area contributed by atoms with Gasteiger partial charge in [-0.3, -0.25) is 15.1 Å². The molecule has 1 N–H and O–H groups in total. The maximum Gasteiger partial charge on any atom is 0.313 e. The first-order chi connectivity index (χ1) is 6.99. The zero-order valence-corrected chi connectivity index (χ0v) is 7.15. The Morgan fingerprint density at radius 2 is 2.20 bits per heavy atom. The molecule has 8 heteroatoms. The lowest BCUT2D eigenvalue weighted by Crippen LogP contribution is -2.06. The first kappa shape index (κ1) is 11.4. The summed E-state index contributed by atoms with van der Waals surface area (Å²) >= 11 is 0. The molecule has 0 aliphatic carbocycles. The molecule has 1 aromatic rings. The summed E-state index contributed by atoms with van der Waals surface area (Å²) in [6, 6.07) is 0. The van der Waals surface area contributed by atoms with Crippen LogP contribution < -0.4 is 0 Å². The summed E-state index contributed by atoms with van der Waals surface area (Å²) < 4.78 is 37.4. The molecule has 0 aliphatic heterocycles. The van der Waals surface area contributed by atoms with Gasteiger partial charge in [0.25, 0.3) is 6.43 Å². The summed E-state index contributed by atoms with van der Waals surface area (Å²) in [5.41, 5.74) is -2.94. The van der Waals surface area contributed by atoms with Crippen LogP contribution in [0, 0.1) is 15.9 Å². The molecular formula is C7H5F3N2O3. The van der Waals surface area contributed by atoms with Crippen LogP contribution in [0.4, 0.5) is 18.9 Å². The Labute approximate surface area is 81.3 Å². The molecule has 1 rings (SSSR count). The second-order valence-corrected chi connectivity index (χ2v) is 2.53. The summed E-state index contributed by atoms with van der Waals surface area (Å²) in [5.74, 6) is -1.35. The van der Waals surface area contributed by atoms with Gasteiger partial charge in [-0.15, -0.1) is 0 Å². The van der Waals surface area contributed by atoms with Gasteiger partial charge in [-0.2, -0.15) is 4.39 Å². The Kier molecular flexibility index (Phi) is 3.20. The highest BCUT2D eigenvalue weighted by Crippen LogP contribution is 2.29. The molecule has 0 saturated carbocycles. The maximum absolute atomic E-state index is 12.9. The van der Waals surface area contributed by atoms with E-state index < -0.39 is 40.7 Å². The minimum Gasteiger partial charge on any atom is -0.391 e. The fourth-order valence-electron chi connectivity index (χ4n) is 1.07. The van der Waals surface area contributed by atoms with Crippen molar-refractivity contribution in [1.29, 1.82) is 0 Å². The molecule has 0 atom stereocenters. The highest BCUT2D eigenvalue weighted by molar-refractivity contribution is 5.43. The van der Waals surface area contributed by atoms with E-state index in [-0.39, 0.29) is 0 Å². The van der Waals surface area contributed by atoms with Crippen LogP contribution in [0.15, 0.2) is 6.20 Å². The number of nitro groups is 1. The zero-order chi connectivity index (χ0) is 11.6. The molecule has 0 unspecified atom stereocenters. The third-order valence-electron chi connectivity index (χ3n) is 1.69. The van der Waals surface area contributed by atoms with Gasteiger partial charge >= 0.3 is 5.69 Å². The van der Waals surface area contributed by atoms with E-state index in [1.807, 2.05) is 0 Å². The largest absolute Gasteiger partial charge is 0.391 e. The van der Waals surface area contributed by atoms with Gasteiger partial charge in [0, 0.05) is 0 Å². The fourth-order valence-corrected chi connectivity index (χ4v) is 1.07. The Balaban J connectivity index is 3.47. The minimum atomic E-state index is -3.11. The van der Waals surface area contributed by atoms with Crippen molar-refractivity contribution < 1.29 is 23.2 Å². The van der Waals surface area contributed by atoms with Crippen molar-refractivity contribution in [3.05, 3.63) is 33.4 Å². The summed E-state index contributed by atoms with van der Waals surface area (Å²) in [6.07, 6.45) is -2.77. The molecule has 15 heavy (non-hydrogen) atoms. The van der Waals surface area contributed by atoms with Crippen LogP contribution in [-0.4, -0.2) is 15.0 Å². The van der Waals surface area contributed by atoms with Crippen molar-refractivity contribution in [3.8, 4) is 0 Å². The van der Waals surface area contributed by atoms with E-state index in [9.17, 15) is 23.3 Å². The Hall–Kier alpha value is -1.70. The standard InChI is InChI=1S/C7H5F3N2O3/c8-4-1-11-5(7(9)10)3(2-13)6(4)12(14)15/h1,7,13H,2H2. The molecule has 82 valence electrons. The second-order valence-electron chi connectivity index (χ2n) is 2.53. The van der Waals surface area contributed by atoms with Gasteiger partial charge in [-0.05, 0) is 0 Å². The third kappa shape index (κ3) is 2.04. The molecule has 1 aromatic heterocycles. The number of hydrogen-bond acceptors (Lipinski definition) is 4. The van der Waals surface area contributed by atoms with E-state index in [1.165, 1.54) is 0 Å². The van der Waals surface area contributed by atoms with E-state index in [0.717, 1.165) is 0 Å². The SMILES string of the molecule is O=[N+]([O-])c1c(F)cnc(C(F)F)c1CO. The van der Waals surface area contributed by atoms with Crippen molar-refractivity contribution in [3.63, 3.8) is 0 Å². The van der Waals surface area contributed by atoms with E-state index in [1.54, 1.807) is 0 Å². The zero-order valence-electron chi connectivity index (χ0n) is 7.15. The fraction of sp³-hybridized carbons (Fsp3) is 0.286. The van der Waals surface area contributed by atoms with Crippen molar-refractivity contribution >= 4 is 5.69 Å². The number of rotatable bonds is 3. The molecule has 0 saturated heterocycles. The van der Waals surface area contributed by atoms with Gasteiger partial charge in [0.1, 0.15) is 5.69 Å². The van der Waals surface area contributed by atoms with Crippen LogP contribution in [0.1, 0.15) is 17.7 Å². The Morgan fingerprint density at radius 3 is 2.60 bits per heavy atom. The number of aliphatic hydroxyl groups is 1. The molecule has 0 aliphatic rings. The second kappa shape index (κ2) is 4.22. The Bertz CT molecular complexity index is 397. The van der Waals surface area contributed by atoms with Gasteiger partial charge < -0.3 is 5.11 Å². The molecule has 5 nitrogen and oxygen atoms in total. The van der Waals surface area contributed by atoms with Gasteiger partial charge in [-0.25, -0.2) is 8.78 Å². The van der Waals surface area contributed by atoms with E-state index in [2.05, 4.69) is 4.98 Å². The van der Waals surface area contributed by atoms with Crippen LogP contribution in [-0.2, 0) is 6.61 Å². The lowest BCUT2D eigenvalue weighted by molar-refractivity contribution is -0.388. The van der Waals surface area contributed by atoms with Gasteiger partial charge in [0.15, 0.2) is 0 Å². The minimum absolute atomic E-state index is 0.332. The third-order valence-corrected chi connectivity index (χ3v) is 1.69. The number of aromatic nitrogens is 1. The van der Waals surface area contributed by atoms with Crippen molar-refractivity contribution in [2.45, 2.75) is 13.0 Å². The number of aliphatic hydroxyl groups excluding tert-OH is 1. The molecule has 0 amide bonds. The smallest absolute Gasteiger partial charge is 0.313 e. The summed E-state index contributed by atoms with van der Waals surface area (Å²) in [4.78, 5) is 12.2. The molecule has 0 spiro atoms.